The van der Waals surface area contributed by atoms with E-state index in [0.717, 1.165) is 12.0 Å². The monoisotopic (exact) mass is 177 g/mol. The second-order valence-electron chi connectivity index (χ2n) is 3.07. The van der Waals surface area contributed by atoms with Crippen LogP contribution in [0.15, 0.2) is 30.3 Å². The number of benzene rings is 1. The fourth-order valence-electron chi connectivity index (χ4n) is 1.28. The van der Waals surface area contributed by atoms with Crippen LogP contribution in [0.4, 0.5) is 0 Å². The van der Waals surface area contributed by atoms with E-state index in [4.69, 9.17) is 10.5 Å². The quantitative estimate of drug-likeness (QED) is 0.679. The number of rotatable bonds is 4. The highest BCUT2D eigenvalue weighted by Crippen LogP contribution is 2.11. The Kier molecular flexibility index (Phi) is 3.65. The average molecular weight is 177 g/mol. The highest BCUT2D eigenvalue weighted by atomic mass is 16.3. The van der Waals surface area contributed by atoms with E-state index in [1.807, 2.05) is 37.3 Å². The van der Waals surface area contributed by atoms with E-state index in [9.17, 15) is 0 Å². The van der Waals surface area contributed by atoms with Crippen LogP contribution < -0.4 is 0 Å². The first kappa shape index (κ1) is 9.93. The second kappa shape index (κ2) is 4.77. The third kappa shape index (κ3) is 2.39. The molecule has 0 heterocycles. The summed E-state index contributed by atoms with van der Waals surface area (Å²) >= 11 is 0. The maximum absolute atomic E-state index is 9.02. The summed E-state index contributed by atoms with van der Waals surface area (Å²) in [5.41, 5.74) is 1.44. The smallest absolute Gasteiger partial charge is 0.0514 e. The van der Waals surface area contributed by atoms with Crippen molar-refractivity contribution in [1.29, 1.82) is 5.41 Å². The van der Waals surface area contributed by atoms with Crippen molar-refractivity contribution in [3.8, 4) is 0 Å². The van der Waals surface area contributed by atoms with Crippen molar-refractivity contribution in [2.24, 2.45) is 5.92 Å². The molecule has 0 radical (unpaired) electrons. The summed E-state index contributed by atoms with van der Waals surface area (Å²) in [6.45, 7) is 2.04. The molecule has 0 bridgehead atoms. The Morgan fingerprint density at radius 1 is 1.38 bits per heavy atom. The van der Waals surface area contributed by atoms with Gasteiger partial charge in [0.15, 0.2) is 0 Å². The molecule has 0 fully saturated rings. The second-order valence-corrected chi connectivity index (χ2v) is 3.07. The normalized spacial score (nSPS) is 12.5. The first-order chi connectivity index (χ1) is 6.29. The van der Waals surface area contributed by atoms with Gasteiger partial charge in [-0.05, 0) is 12.0 Å². The minimum atomic E-state index is -0.0256. The van der Waals surface area contributed by atoms with E-state index in [-0.39, 0.29) is 12.5 Å². The molecule has 0 unspecified atom stereocenters. The van der Waals surface area contributed by atoms with Gasteiger partial charge in [-0.3, -0.25) is 0 Å². The van der Waals surface area contributed by atoms with Crippen molar-refractivity contribution in [3.63, 3.8) is 0 Å². The Labute approximate surface area is 78.7 Å². The van der Waals surface area contributed by atoms with E-state index in [1.54, 1.807) is 0 Å². The zero-order chi connectivity index (χ0) is 9.68. The minimum Gasteiger partial charge on any atom is -0.396 e. The van der Waals surface area contributed by atoms with Gasteiger partial charge in [0.25, 0.3) is 0 Å². The number of hydrogen-bond donors (Lipinski definition) is 2. The van der Waals surface area contributed by atoms with E-state index >= 15 is 0 Å². The first-order valence-corrected chi connectivity index (χ1v) is 4.54. The fourth-order valence-corrected chi connectivity index (χ4v) is 1.28. The van der Waals surface area contributed by atoms with Gasteiger partial charge in [-0.2, -0.15) is 0 Å². The SMILES string of the molecule is CC[C@H](CO)C(=N)c1ccccc1. The third-order valence-electron chi connectivity index (χ3n) is 2.21. The van der Waals surface area contributed by atoms with Crippen LogP contribution in [0.3, 0.4) is 0 Å². The molecule has 70 valence electrons. The number of aliphatic hydroxyl groups is 1. The van der Waals surface area contributed by atoms with Crippen molar-refractivity contribution in [2.45, 2.75) is 13.3 Å². The zero-order valence-electron chi connectivity index (χ0n) is 7.83. The summed E-state index contributed by atoms with van der Waals surface area (Å²) in [7, 11) is 0. The molecule has 13 heavy (non-hydrogen) atoms. The van der Waals surface area contributed by atoms with Crippen molar-refractivity contribution in [3.05, 3.63) is 35.9 Å². The molecule has 0 amide bonds. The predicted molar refractivity (Wildman–Crippen MR) is 54.1 cm³/mol. The van der Waals surface area contributed by atoms with Gasteiger partial charge in [0, 0.05) is 11.6 Å². The fraction of sp³-hybridized carbons (Fsp3) is 0.364. The van der Waals surface area contributed by atoms with E-state index in [2.05, 4.69) is 0 Å². The molecule has 0 aliphatic carbocycles. The van der Waals surface area contributed by atoms with Gasteiger partial charge in [-0.25, -0.2) is 0 Å². The van der Waals surface area contributed by atoms with E-state index < -0.39 is 0 Å². The average Bonchev–Trinajstić information content (AvgIpc) is 2.21. The molecule has 1 aromatic carbocycles. The number of aliphatic hydroxyl groups excluding tert-OH is 1. The van der Waals surface area contributed by atoms with E-state index in [0.29, 0.717) is 5.71 Å². The van der Waals surface area contributed by atoms with E-state index in [1.165, 1.54) is 0 Å². The van der Waals surface area contributed by atoms with Crippen LogP contribution in [-0.2, 0) is 0 Å². The molecular formula is C11H15NO. The Hall–Kier alpha value is -1.15. The zero-order valence-corrected chi connectivity index (χ0v) is 7.83. The summed E-state index contributed by atoms with van der Waals surface area (Å²) in [6.07, 6.45) is 0.810. The standard InChI is InChI=1S/C11H15NO/c1-2-9(8-13)11(12)10-6-4-3-5-7-10/h3-7,9,12-13H,2,8H2,1H3/t9-/m1/s1. The Balaban J connectivity index is 2.78. The summed E-state index contributed by atoms with van der Waals surface area (Å²) in [4.78, 5) is 0. The third-order valence-corrected chi connectivity index (χ3v) is 2.21. The molecule has 1 atom stereocenters. The topological polar surface area (TPSA) is 44.1 Å². The van der Waals surface area contributed by atoms with Crippen molar-refractivity contribution in [2.75, 3.05) is 6.61 Å². The van der Waals surface area contributed by atoms with Crippen LogP contribution in [-0.4, -0.2) is 17.4 Å². The van der Waals surface area contributed by atoms with Gasteiger partial charge in [0.2, 0.25) is 0 Å². The van der Waals surface area contributed by atoms with Gasteiger partial charge >= 0.3 is 0 Å². The molecule has 0 saturated heterocycles. The van der Waals surface area contributed by atoms with Crippen LogP contribution in [0.2, 0.25) is 0 Å². The van der Waals surface area contributed by atoms with Crippen molar-refractivity contribution in [1.82, 2.24) is 0 Å². The largest absolute Gasteiger partial charge is 0.396 e. The molecule has 2 heteroatoms. The lowest BCUT2D eigenvalue weighted by atomic mass is 9.95. The predicted octanol–water partition coefficient (Wildman–Crippen LogP) is 2.07. The van der Waals surface area contributed by atoms with Crippen LogP contribution in [0.25, 0.3) is 0 Å². The molecule has 0 saturated carbocycles. The summed E-state index contributed by atoms with van der Waals surface area (Å²) in [5.74, 6) is -0.0256. The Morgan fingerprint density at radius 2 is 2.00 bits per heavy atom. The highest BCUT2D eigenvalue weighted by Gasteiger charge is 2.12. The van der Waals surface area contributed by atoms with Crippen molar-refractivity contribution < 1.29 is 5.11 Å². The van der Waals surface area contributed by atoms with Crippen molar-refractivity contribution >= 4 is 5.71 Å². The maximum atomic E-state index is 9.02. The lowest BCUT2D eigenvalue weighted by Gasteiger charge is -2.12. The first-order valence-electron chi connectivity index (χ1n) is 4.54. The molecule has 0 aliphatic heterocycles. The lowest BCUT2D eigenvalue weighted by molar-refractivity contribution is 0.258. The molecular weight excluding hydrogens is 162 g/mol. The number of nitrogens with one attached hydrogen (secondary N) is 1. The Morgan fingerprint density at radius 3 is 2.46 bits per heavy atom. The number of hydrogen-bond acceptors (Lipinski definition) is 2. The van der Waals surface area contributed by atoms with Crippen LogP contribution in [0.1, 0.15) is 18.9 Å². The molecule has 0 spiro atoms. The summed E-state index contributed by atoms with van der Waals surface area (Å²) in [6, 6.07) is 9.56. The van der Waals surface area contributed by atoms with Gasteiger partial charge in [-0.1, -0.05) is 37.3 Å². The lowest BCUT2D eigenvalue weighted by Crippen LogP contribution is -2.17. The molecule has 1 rings (SSSR count). The Bertz CT molecular complexity index is 265. The van der Waals surface area contributed by atoms with Gasteiger partial charge in [0.1, 0.15) is 0 Å². The molecule has 2 nitrogen and oxygen atoms in total. The van der Waals surface area contributed by atoms with Gasteiger partial charge in [0.05, 0.1) is 6.61 Å². The molecule has 1 aromatic rings. The minimum absolute atomic E-state index is 0.0256. The van der Waals surface area contributed by atoms with Gasteiger partial charge < -0.3 is 10.5 Å². The molecule has 0 aromatic heterocycles. The van der Waals surface area contributed by atoms with Crippen LogP contribution >= 0.6 is 0 Å². The maximum Gasteiger partial charge on any atom is 0.0514 e. The van der Waals surface area contributed by atoms with Crippen LogP contribution in [0, 0.1) is 11.3 Å². The molecule has 2 N–H and O–H groups in total. The van der Waals surface area contributed by atoms with Crippen LogP contribution in [0.5, 0.6) is 0 Å². The van der Waals surface area contributed by atoms with Gasteiger partial charge in [-0.15, -0.1) is 0 Å². The highest BCUT2D eigenvalue weighted by molar-refractivity contribution is 5.99. The summed E-state index contributed by atoms with van der Waals surface area (Å²) < 4.78 is 0. The molecule has 0 aliphatic rings. The summed E-state index contributed by atoms with van der Waals surface area (Å²) in [5, 5.41) is 16.8.